The van der Waals surface area contributed by atoms with Crippen molar-refractivity contribution in [2.45, 2.75) is 13.5 Å². The minimum atomic E-state index is -0.344. The normalized spacial score (nSPS) is 10.5. The number of hydrogen-bond acceptors (Lipinski definition) is 3. The molecular formula is C15H22ClN3O2. The van der Waals surface area contributed by atoms with E-state index >= 15 is 0 Å². The molecule has 1 N–H and O–H groups in total. The summed E-state index contributed by atoms with van der Waals surface area (Å²) in [6.07, 6.45) is 1.62. The molecule has 0 atom stereocenters. The highest BCUT2D eigenvalue weighted by Gasteiger charge is 2.14. The fourth-order valence-corrected chi connectivity index (χ4v) is 2.04. The van der Waals surface area contributed by atoms with E-state index in [1.54, 1.807) is 13.1 Å². The van der Waals surface area contributed by atoms with Gasteiger partial charge in [0.2, 0.25) is 0 Å². The molecule has 0 radical (unpaired) electrons. The van der Waals surface area contributed by atoms with Gasteiger partial charge in [-0.2, -0.15) is 0 Å². The van der Waals surface area contributed by atoms with E-state index in [-0.39, 0.29) is 18.5 Å². The fourth-order valence-electron chi connectivity index (χ4n) is 2.04. The smallest absolute Gasteiger partial charge is 0.408 e. The van der Waals surface area contributed by atoms with Gasteiger partial charge in [-0.1, -0.05) is 12.1 Å². The molecule has 0 spiro atoms. The minimum absolute atomic E-state index is 0. The summed E-state index contributed by atoms with van der Waals surface area (Å²) in [5.41, 5.74) is 2.05. The van der Waals surface area contributed by atoms with E-state index in [2.05, 4.69) is 9.88 Å². The van der Waals surface area contributed by atoms with Gasteiger partial charge in [0.1, 0.15) is 0 Å². The van der Waals surface area contributed by atoms with Crippen LogP contribution in [0, 0.1) is 0 Å². The molecular weight excluding hydrogens is 290 g/mol. The zero-order valence-corrected chi connectivity index (χ0v) is 13.7. The van der Waals surface area contributed by atoms with Crippen LogP contribution in [0.5, 0.6) is 5.75 Å². The van der Waals surface area contributed by atoms with Gasteiger partial charge in [-0.3, -0.25) is 0 Å². The van der Waals surface area contributed by atoms with E-state index in [9.17, 15) is 4.79 Å². The number of amides is 1. The number of benzene rings is 1. The van der Waals surface area contributed by atoms with Crippen molar-refractivity contribution in [3.63, 3.8) is 0 Å². The van der Waals surface area contributed by atoms with Crippen molar-refractivity contribution in [3.8, 4) is 5.75 Å². The maximum absolute atomic E-state index is 11.9. The lowest BCUT2D eigenvalue weighted by atomic mass is 10.1. The van der Waals surface area contributed by atoms with E-state index in [1.165, 1.54) is 10.5 Å². The van der Waals surface area contributed by atoms with Gasteiger partial charge in [0.25, 0.3) is 0 Å². The van der Waals surface area contributed by atoms with E-state index in [1.807, 2.05) is 39.3 Å². The first-order valence-corrected chi connectivity index (χ1v) is 6.69. The molecule has 1 heterocycles. The molecule has 2 rings (SSSR count). The van der Waals surface area contributed by atoms with Crippen LogP contribution in [0.2, 0.25) is 0 Å². The summed E-state index contributed by atoms with van der Waals surface area (Å²) in [6.45, 7) is 3.36. The quantitative estimate of drug-likeness (QED) is 0.944. The van der Waals surface area contributed by atoms with E-state index in [4.69, 9.17) is 4.74 Å². The number of fused-ring (bicyclic) bond motifs is 1. The average molecular weight is 312 g/mol. The zero-order valence-electron chi connectivity index (χ0n) is 12.8. The molecule has 1 amide bonds. The number of nitrogens with one attached hydrogen (secondary N) is 1. The second kappa shape index (κ2) is 7.33. The fraction of sp³-hybridized carbons (Fsp3) is 0.400. The Bertz CT molecular complexity index is 610. The van der Waals surface area contributed by atoms with Crippen LogP contribution in [-0.2, 0) is 6.54 Å². The number of halogens is 1. The maximum Gasteiger partial charge on any atom is 0.415 e. The van der Waals surface area contributed by atoms with E-state index in [0.29, 0.717) is 12.3 Å². The molecule has 0 fully saturated rings. The Morgan fingerprint density at radius 1 is 1.29 bits per heavy atom. The first-order valence-electron chi connectivity index (χ1n) is 6.69. The topological polar surface area (TPSA) is 48.6 Å². The lowest BCUT2D eigenvalue weighted by Crippen LogP contribution is -2.29. The van der Waals surface area contributed by atoms with Crippen molar-refractivity contribution in [2.24, 2.45) is 0 Å². The van der Waals surface area contributed by atoms with Crippen molar-refractivity contribution in [1.29, 1.82) is 0 Å². The number of aromatic nitrogens is 1. The SMILES string of the molecule is CCN(C)C(=O)Oc1cccc2c(CN(C)C)c[nH]c12.Cl. The van der Waals surface area contributed by atoms with Crippen LogP contribution >= 0.6 is 12.4 Å². The lowest BCUT2D eigenvalue weighted by molar-refractivity contribution is 0.165. The summed E-state index contributed by atoms with van der Waals surface area (Å²) >= 11 is 0. The Morgan fingerprint density at radius 2 is 2.00 bits per heavy atom. The molecule has 0 aliphatic rings. The van der Waals surface area contributed by atoms with Crippen molar-refractivity contribution in [1.82, 2.24) is 14.8 Å². The summed E-state index contributed by atoms with van der Waals surface area (Å²) in [7, 11) is 5.77. The molecule has 6 heteroatoms. The Kier molecular flexibility index (Phi) is 6.05. The van der Waals surface area contributed by atoms with Gasteiger partial charge >= 0.3 is 6.09 Å². The van der Waals surface area contributed by atoms with Gasteiger partial charge < -0.3 is 19.5 Å². The molecule has 0 saturated heterocycles. The largest absolute Gasteiger partial charge is 0.415 e. The summed E-state index contributed by atoms with van der Waals surface area (Å²) in [6, 6.07) is 5.75. The second-order valence-electron chi connectivity index (χ2n) is 5.11. The lowest BCUT2D eigenvalue weighted by Gasteiger charge is -2.14. The van der Waals surface area contributed by atoms with E-state index in [0.717, 1.165) is 17.4 Å². The summed E-state index contributed by atoms with van der Waals surface area (Å²) in [4.78, 5) is 18.7. The molecule has 116 valence electrons. The van der Waals surface area contributed by atoms with Gasteiger partial charge in [0.05, 0.1) is 5.52 Å². The van der Waals surface area contributed by atoms with Gasteiger partial charge in [-0.15, -0.1) is 12.4 Å². The Hall–Kier alpha value is -1.72. The molecule has 2 aromatic rings. The molecule has 0 bridgehead atoms. The van der Waals surface area contributed by atoms with Gasteiger partial charge in [0, 0.05) is 31.7 Å². The highest BCUT2D eigenvalue weighted by Crippen LogP contribution is 2.28. The number of nitrogens with zero attached hydrogens (tertiary/aromatic N) is 2. The molecule has 21 heavy (non-hydrogen) atoms. The third-order valence-corrected chi connectivity index (χ3v) is 3.23. The first kappa shape index (κ1) is 17.3. The molecule has 0 saturated carbocycles. The summed E-state index contributed by atoms with van der Waals surface area (Å²) in [5.74, 6) is 0.567. The standard InChI is InChI=1S/C15H21N3O2.ClH/c1-5-18(4)15(19)20-13-8-6-7-12-11(10-17(2)3)9-16-14(12)13;/h6-9,16H,5,10H2,1-4H3;1H. The highest BCUT2D eigenvalue weighted by molar-refractivity contribution is 5.90. The highest BCUT2D eigenvalue weighted by atomic mass is 35.5. The monoisotopic (exact) mass is 311 g/mol. The number of para-hydroxylation sites is 1. The van der Waals surface area contributed by atoms with Crippen LogP contribution in [0.15, 0.2) is 24.4 Å². The molecule has 0 unspecified atom stereocenters. The minimum Gasteiger partial charge on any atom is -0.408 e. The Morgan fingerprint density at radius 3 is 2.62 bits per heavy atom. The third kappa shape index (κ3) is 3.89. The number of H-pyrrole nitrogens is 1. The third-order valence-electron chi connectivity index (χ3n) is 3.23. The van der Waals surface area contributed by atoms with Crippen molar-refractivity contribution in [3.05, 3.63) is 30.0 Å². The number of carbonyl (C=O) groups excluding carboxylic acids is 1. The van der Waals surface area contributed by atoms with Crippen LogP contribution in [0.25, 0.3) is 10.9 Å². The number of carbonyl (C=O) groups is 1. The van der Waals surface area contributed by atoms with Gasteiger partial charge in [0.15, 0.2) is 5.75 Å². The number of hydrogen-bond donors (Lipinski definition) is 1. The van der Waals surface area contributed by atoms with Crippen LogP contribution < -0.4 is 4.74 Å². The van der Waals surface area contributed by atoms with Crippen molar-refractivity contribution < 1.29 is 9.53 Å². The van der Waals surface area contributed by atoms with Gasteiger partial charge in [-0.05, 0) is 32.6 Å². The van der Waals surface area contributed by atoms with Crippen LogP contribution in [0.3, 0.4) is 0 Å². The molecule has 0 aliphatic heterocycles. The first-order chi connectivity index (χ1) is 9.52. The number of ether oxygens (including phenoxy) is 1. The summed E-state index contributed by atoms with van der Waals surface area (Å²) < 4.78 is 5.44. The molecule has 1 aromatic heterocycles. The molecule has 5 nitrogen and oxygen atoms in total. The summed E-state index contributed by atoms with van der Waals surface area (Å²) in [5, 5.41) is 1.09. The van der Waals surface area contributed by atoms with E-state index < -0.39 is 0 Å². The van der Waals surface area contributed by atoms with Crippen molar-refractivity contribution >= 4 is 29.4 Å². The Labute approximate surface area is 131 Å². The molecule has 0 aliphatic carbocycles. The maximum atomic E-state index is 11.9. The van der Waals surface area contributed by atoms with Crippen LogP contribution in [0.4, 0.5) is 4.79 Å². The van der Waals surface area contributed by atoms with Crippen LogP contribution in [-0.4, -0.2) is 48.6 Å². The predicted octanol–water partition coefficient (Wildman–Crippen LogP) is 3.10. The van der Waals surface area contributed by atoms with Crippen LogP contribution in [0.1, 0.15) is 12.5 Å². The zero-order chi connectivity index (χ0) is 14.7. The van der Waals surface area contributed by atoms with Gasteiger partial charge in [-0.25, -0.2) is 4.79 Å². The molecule has 1 aromatic carbocycles. The predicted molar refractivity (Wildman–Crippen MR) is 87.3 cm³/mol. The average Bonchev–Trinajstić information content (AvgIpc) is 2.81. The second-order valence-corrected chi connectivity index (χ2v) is 5.11. The number of aromatic amines is 1. The Balaban J connectivity index is 0.00000220. The van der Waals surface area contributed by atoms with Crippen molar-refractivity contribution in [2.75, 3.05) is 27.7 Å². The number of rotatable bonds is 4.